The highest BCUT2D eigenvalue weighted by Crippen LogP contribution is 2.26. The lowest BCUT2D eigenvalue weighted by Gasteiger charge is -2.24. The summed E-state index contributed by atoms with van der Waals surface area (Å²) in [6, 6.07) is 3.24. The number of benzene rings is 1. The Balaban J connectivity index is 2.23. The molecule has 0 radical (unpaired) electrons. The van der Waals surface area contributed by atoms with Gasteiger partial charge in [0.25, 0.3) is 5.91 Å². The fourth-order valence-corrected chi connectivity index (χ4v) is 3.20. The summed E-state index contributed by atoms with van der Waals surface area (Å²) in [5.74, 6) is 3.29. The number of hydrogen-bond acceptors (Lipinski definition) is 6. The predicted molar refractivity (Wildman–Crippen MR) is 105 cm³/mol. The number of amides is 5. The summed E-state index contributed by atoms with van der Waals surface area (Å²) in [6.45, 7) is 1.28. The molecule has 10 nitrogen and oxygen atoms in total. The molecular formula is C18H24ClN5O5. The molecule has 1 saturated heterocycles. The minimum atomic E-state index is -0.932. The van der Waals surface area contributed by atoms with E-state index < -0.39 is 42.3 Å². The third kappa shape index (κ3) is 5.58. The Kier molecular flexibility index (Phi) is 7.80. The number of hydrogen-bond donors (Lipinski definition) is 4. The topological polar surface area (TPSA) is 143 Å². The van der Waals surface area contributed by atoms with Crippen molar-refractivity contribution >= 4 is 35.4 Å². The van der Waals surface area contributed by atoms with E-state index in [9.17, 15) is 19.2 Å². The minimum Gasteiger partial charge on any atom is -0.496 e. The first-order valence-electron chi connectivity index (χ1n) is 9.02. The molecule has 0 bridgehead atoms. The minimum absolute atomic E-state index is 0.0532. The summed E-state index contributed by atoms with van der Waals surface area (Å²) in [6.07, 6.45) is 0.458. The van der Waals surface area contributed by atoms with Crippen LogP contribution in [0.3, 0.4) is 0 Å². The van der Waals surface area contributed by atoms with Crippen LogP contribution < -0.4 is 26.6 Å². The van der Waals surface area contributed by atoms with Crippen LogP contribution in [0.4, 0.5) is 4.79 Å². The Morgan fingerprint density at radius 3 is 2.76 bits per heavy atom. The highest BCUT2D eigenvalue weighted by Gasteiger charge is 2.35. The summed E-state index contributed by atoms with van der Waals surface area (Å²) in [5.41, 5.74) is 2.62. The Morgan fingerprint density at radius 1 is 1.41 bits per heavy atom. The molecule has 1 aromatic carbocycles. The Bertz CT molecular complexity index is 803. The summed E-state index contributed by atoms with van der Waals surface area (Å²) in [7, 11) is 1.50. The van der Waals surface area contributed by atoms with Gasteiger partial charge in [0.15, 0.2) is 0 Å². The summed E-state index contributed by atoms with van der Waals surface area (Å²) in [4.78, 5) is 50.2. The SMILES string of the molecule is CC[C@@H](NC(=O)N1CC(=O)NCC(Cc2cc(Cl)ccc2OC)C1=O)C(=O)NN. The van der Waals surface area contributed by atoms with Gasteiger partial charge in [-0.3, -0.25) is 24.7 Å². The van der Waals surface area contributed by atoms with Gasteiger partial charge in [-0.25, -0.2) is 10.6 Å². The van der Waals surface area contributed by atoms with Crippen molar-refractivity contribution in [1.29, 1.82) is 0 Å². The van der Waals surface area contributed by atoms with Crippen molar-refractivity contribution in [2.24, 2.45) is 11.8 Å². The molecule has 0 aromatic heterocycles. The van der Waals surface area contributed by atoms with Crippen LogP contribution in [0.2, 0.25) is 5.02 Å². The zero-order chi connectivity index (χ0) is 21.6. The standard InChI is InChI=1S/C18H24ClN5O5/c1-3-13(16(26)23-20)22-18(28)24-9-15(25)21-8-11(17(24)27)6-10-7-12(19)4-5-14(10)29-2/h4-5,7,11,13H,3,6,8-9,20H2,1-2H3,(H,21,25)(H,22,28)(H,23,26)/t11?,13-/m1/s1. The van der Waals surface area contributed by atoms with E-state index in [1.165, 1.54) is 7.11 Å². The molecule has 29 heavy (non-hydrogen) atoms. The molecule has 0 saturated carbocycles. The van der Waals surface area contributed by atoms with Crippen molar-refractivity contribution < 1.29 is 23.9 Å². The van der Waals surface area contributed by atoms with Gasteiger partial charge in [-0.1, -0.05) is 18.5 Å². The normalized spacial score (nSPS) is 17.8. The molecule has 1 unspecified atom stereocenters. The van der Waals surface area contributed by atoms with Gasteiger partial charge in [0, 0.05) is 11.6 Å². The maximum absolute atomic E-state index is 13.0. The highest BCUT2D eigenvalue weighted by molar-refractivity contribution is 6.30. The first kappa shape index (κ1) is 22.4. The second-order valence-corrected chi connectivity index (χ2v) is 6.94. The molecule has 1 aromatic rings. The van der Waals surface area contributed by atoms with E-state index in [1.807, 2.05) is 5.43 Å². The zero-order valence-electron chi connectivity index (χ0n) is 16.2. The molecule has 1 fully saturated rings. The summed E-state index contributed by atoms with van der Waals surface area (Å²) < 4.78 is 5.30. The molecule has 0 aliphatic carbocycles. The van der Waals surface area contributed by atoms with E-state index in [2.05, 4.69) is 10.6 Å². The summed E-state index contributed by atoms with van der Waals surface area (Å²) in [5, 5.41) is 5.53. The maximum Gasteiger partial charge on any atom is 0.325 e. The van der Waals surface area contributed by atoms with E-state index in [1.54, 1.807) is 25.1 Å². The Hall–Kier alpha value is -2.85. The van der Waals surface area contributed by atoms with Crippen LogP contribution in [0.15, 0.2) is 18.2 Å². The second-order valence-electron chi connectivity index (χ2n) is 6.50. The van der Waals surface area contributed by atoms with Gasteiger partial charge in [-0.05, 0) is 36.6 Å². The fourth-order valence-electron chi connectivity index (χ4n) is 3.01. The van der Waals surface area contributed by atoms with E-state index in [-0.39, 0.29) is 19.4 Å². The van der Waals surface area contributed by atoms with Gasteiger partial charge in [-0.15, -0.1) is 0 Å². The van der Waals surface area contributed by atoms with Gasteiger partial charge < -0.3 is 15.4 Å². The molecule has 5 N–H and O–H groups in total. The van der Waals surface area contributed by atoms with Crippen molar-refractivity contribution in [2.75, 3.05) is 20.2 Å². The van der Waals surface area contributed by atoms with Crippen molar-refractivity contribution in [2.45, 2.75) is 25.8 Å². The molecule has 2 rings (SSSR count). The number of methoxy groups -OCH3 is 1. The lowest BCUT2D eigenvalue weighted by Crippen LogP contribution is -2.55. The molecule has 158 valence electrons. The average molecular weight is 426 g/mol. The smallest absolute Gasteiger partial charge is 0.325 e. The molecular weight excluding hydrogens is 402 g/mol. The molecule has 1 aliphatic heterocycles. The number of hydrazine groups is 1. The Morgan fingerprint density at radius 2 is 2.14 bits per heavy atom. The quantitative estimate of drug-likeness (QED) is 0.286. The number of nitrogens with zero attached hydrogens (tertiary/aromatic N) is 1. The third-order valence-electron chi connectivity index (χ3n) is 4.58. The average Bonchev–Trinajstić information content (AvgIpc) is 2.85. The molecule has 5 amide bonds. The number of ether oxygens (including phenoxy) is 1. The number of rotatable bonds is 6. The lowest BCUT2D eigenvalue weighted by molar-refractivity contribution is -0.133. The molecule has 1 heterocycles. The van der Waals surface area contributed by atoms with Crippen LogP contribution in [0.5, 0.6) is 5.75 Å². The first-order valence-corrected chi connectivity index (χ1v) is 9.39. The molecule has 0 spiro atoms. The molecule has 2 atom stereocenters. The number of halogens is 1. The van der Waals surface area contributed by atoms with Gasteiger partial charge >= 0.3 is 6.03 Å². The van der Waals surface area contributed by atoms with Crippen LogP contribution in [0.25, 0.3) is 0 Å². The van der Waals surface area contributed by atoms with Gasteiger partial charge in [0.1, 0.15) is 18.3 Å². The number of urea groups is 1. The van der Waals surface area contributed by atoms with E-state index >= 15 is 0 Å². The van der Waals surface area contributed by atoms with Crippen LogP contribution in [-0.2, 0) is 20.8 Å². The van der Waals surface area contributed by atoms with Crippen molar-refractivity contribution in [3.63, 3.8) is 0 Å². The van der Waals surface area contributed by atoms with Crippen LogP contribution >= 0.6 is 11.6 Å². The van der Waals surface area contributed by atoms with Gasteiger partial charge in [-0.2, -0.15) is 0 Å². The maximum atomic E-state index is 13.0. The molecule has 1 aliphatic rings. The monoisotopic (exact) mass is 425 g/mol. The van der Waals surface area contributed by atoms with E-state index in [0.29, 0.717) is 16.3 Å². The van der Waals surface area contributed by atoms with Crippen LogP contribution in [0, 0.1) is 5.92 Å². The number of carbonyl (C=O) groups excluding carboxylic acids is 4. The van der Waals surface area contributed by atoms with Crippen LogP contribution in [-0.4, -0.2) is 54.9 Å². The third-order valence-corrected chi connectivity index (χ3v) is 4.82. The molecule has 11 heteroatoms. The van der Waals surface area contributed by atoms with Crippen molar-refractivity contribution in [3.8, 4) is 5.75 Å². The highest BCUT2D eigenvalue weighted by atomic mass is 35.5. The first-order chi connectivity index (χ1) is 13.8. The number of nitrogens with two attached hydrogens (primary N) is 1. The number of imide groups is 1. The van der Waals surface area contributed by atoms with Crippen LogP contribution in [0.1, 0.15) is 18.9 Å². The van der Waals surface area contributed by atoms with E-state index in [4.69, 9.17) is 22.2 Å². The largest absolute Gasteiger partial charge is 0.496 e. The Labute approximate surface area is 173 Å². The van der Waals surface area contributed by atoms with E-state index in [0.717, 1.165) is 4.90 Å². The lowest BCUT2D eigenvalue weighted by atomic mass is 9.97. The fraction of sp³-hybridized carbons (Fsp3) is 0.444. The predicted octanol–water partition coefficient (Wildman–Crippen LogP) is -0.0562. The zero-order valence-corrected chi connectivity index (χ0v) is 16.9. The second kappa shape index (κ2) is 10.1. The van der Waals surface area contributed by atoms with Gasteiger partial charge in [0.2, 0.25) is 11.8 Å². The van der Waals surface area contributed by atoms with Gasteiger partial charge in [0.05, 0.1) is 13.0 Å². The van der Waals surface area contributed by atoms with Crippen molar-refractivity contribution in [1.82, 2.24) is 21.0 Å². The number of carbonyl (C=O) groups is 4. The number of nitrogens with one attached hydrogen (secondary N) is 3. The summed E-state index contributed by atoms with van der Waals surface area (Å²) >= 11 is 6.05. The van der Waals surface area contributed by atoms with Crippen molar-refractivity contribution in [3.05, 3.63) is 28.8 Å².